The van der Waals surface area contributed by atoms with Crippen molar-refractivity contribution in [1.82, 2.24) is 10.2 Å². The van der Waals surface area contributed by atoms with E-state index in [-0.39, 0.29) is 5.82 Å². The largest absolute Gasteiger partial charge is 0.313 e. The third kappa shape index (κ3) is 3.76. The van der Waals surface area contributed by atoms with E-state index >= 15 is 0 Å². The maximum absolute atomic E-state index is 13.1. The average Bonchev–Trinajstić information content (AvgIpc) is 2.92. The molecule has 1 atom stereocenters. The van der Waals surface area contributed by atoms with Crippen LogP contribution in [0, 0.1) is 17.1 Å². The minimum atomic E-state index is -0.346. The van der Waals surface area contributed by atoms with E-state index in [2.05, 4.69) is 23.2 Å². The number of hydrogen-bond acceptors (Lipinski definition) is 3. The van der Waals surface area contributed by atoms with E-state index in [0.717, 1.165) is 25.2 Å². The predicted molar refractivity (Wildman–Crippen MR) is 73.1 cm³/mol. The van der Waals surface area contributed by atoms with E-state index in [1.807, 2.05) is 0 Å². The molecule has 1 aliphatic rings. The van der Waals surface area contributed by atoms with Gasteiger partial charge in [-0.25, -0.2) is 4.39 Å². The smallest absolute Gasteiger partial charge is 0.124 e. The molecule has 19 heavy (non-hydrogen) atoms. The fraction of sp³-hybridized carbons (Fsp3) is 0.533. The summed E-state index contributed by atoms with van der Waals surface area (Å²) >= 11 is 0. The van der Waals surface area contributed by atoms with Gasteiger partial charge in [0.15, 0.2) is 0 Å². The number of likely N-dealkylation sites (N-methyl/N-ethyl adjacent to an activating group) is 1. The number of nitriles is 1. The Kier molecular flexibility index (Phi) is 4.89. The van der Waals surface area contributed by atoms with Gasteiger partial charge in [0.25, 0.3) is 0 Å². The maximum atomic E-state index is 13.1. The molecule has 0 aliphatic carbocycles. The Morgan fingerprint density at radius 3 is 3.00 bits per heavy atom. The van der Waals surface area contributed by atoms with Crippen LogP contribution in [-0.2, 0) is 6.54 Å². The molecule has 0 aromatic heterocycles. The van der Waals surface area contributed by atoms with Crippen LogP contribution >= 0.6 is 0 Å². The number of nitrogens with one attached hydrogen (secondary N) is 1. The Labute approximate surface area is 114 Å². The lowest BCUT2D eigenvalue weighted by molar-refractivity contribution is 0.253. The summed E-state index contributed by atoms with van der Waals surface area (Å²) in [5.41, 5.74) is 1.35. The Balaban J connectivity index is 2.03. The molecule has 4 heteroatoms. The topological polar surface area (TPSA) is 39.1 Å². The van der Waals surface area contributed by atoms with Gasteiger partial charge in [-0.1, -0.05) is 13.0 Å². The highest BCUT2D eigenvalue weighted by molar-refractivity contribution is 5.37. The first-order valence-corrected chi connectivity index (χ1v) is 6.87. The summed E-state index contributed by atoms with van der Waals surface area (Å²) in [6.45, 7) is 5.84. The molecule has 1 unspecified atom stereocenters. The Morgan fingerprint density at radius 2 is 2.37 bits per heavy atom. The van der Waals surface area contributed by atoms with E-state index in [0.29, 0.717) is 18.2 Å². The number of rotatable bonds is 5. The lowest BCUT2D eigenvalue weighted by atomic mass is 10.1. The van der Waals surface area contributed by atoms with Crippen molar-refractivity contribution in [2.45, 2.75) is 32.4 Å². The van der Waals surface area contributed by atoms with Crippen molar-refractivity contribution in [2.24, 2.45) is 0 Å². The van der Waals surface area contributed by atoms with Gasteiger partial charge in [0.2, 0.25) is 0 Å². The normalized spacial score (nSPS) is 18.7. The molecule has 1 saturated heterocycles. The molecule has 1 N–H and O–H groups in total. The zero-order valence-corrected chi connectivity index (χ0v) is 11.3. The Hall–Kier alpha value is -1.44. The van der Waals surface area contributed by atoms with Crippen molar-refractivity contribution >= 4 is 0 Å². The molecule has 0 amide bonds. The van der Waals surface area contributed by atoms with E-state index in [4.69, 9.17) is 5.26 Å². The van der Waals surface area contributed by atoms with Crippen LogP contribution in [0.1, 0.15) is 30.9 Å². The maximum Gasteiger partial charge on any atom is 0.124 e. The van der Waals surface area contributed by atoms with E-state index in [1.54, 1.807) is 6.07 Å². The van der Waals surface area contributed by atoms with Crippen LogP contribution in [0.5, 0.6) is 0 Å². The van der Waals surface area contributed by atoms with Crippen LogP contribution in [0.3, 0.4) is 0 Å². The summed E-state index contributed by atoms with van der Waals surface area (Å²) in [6.07, 6.45) is 2.45. The molecule has 0 radical (unpaired) electrons. The van der Waals surface area contributed by atoms with Crippen LogP contribution in [0.4, 0.5) is 4.39 Å². The van der Waals surface area contributed by atoms with E-state index in [9.17, 15) is 4.39 Å². The zero-order valence-electron chi connectivity index (χ0n) is 11.3. The minimum absolute atomic E-state index is 0.346. The first-order chi connectivity index (χ1) is 9.22. The van der Waals surface area contributed by atoms with E-state index < -0.39 is 0 Å². The molecule has 0 spiro atoms. The van der Waals surface area contributed by atoms with Gasteiger partial charge in [0.1, 0.15) is 5.82 Å². The van der Waals surface area contributed by atoms with Crippen LogP contribution in [0.15, 0.2) is 18.2 Å². The molecule has 1 aromatic rings. The Morgan fingerprint density at radius 1 is 1.53 bits per heavy atom. The van der Waals surface area contributed by atoms with Gasteiger partial charge < -0.3 is 5.32 Å². The molecule has 2 rings (SSSR count). The highest BCUT2D eigenvalue weighted by atomic mass is 19.1. The van der Waals surface area contributed by atoms with Crippen molar-refractivity contribution in [3.63, 3.8) is 0 Å². The summed E-state index contributed by atoms with van der Waals surface area (Å²) in [6, 6.07) is 7.09. The first-order valence-electron chi connectivity index (χ1n) is 6.87. The van der Waals surface area contributed by atoms with Gasteiger partial charge >= 0.3 is 0 Å². The van der Waals surface area contributed by atoms with Crippen LogP contribution in [0.25, 0.3) is 0 Å². The fourth-order valence-electron chi connectivity index (χ4n) is 2.56. The van der Waals surface area contributed by atoms with Gasteiger partial charge in [-0.15, -0.1) is 0 Å². The number of nitrogens with zero attached hydrogens (tertiary/aromatic N) is 2. The molecule has 102 valence electrons. The SMILES string of the molecule is CCN(Cc1ccc(F)cc1C#N)CC1CCCN1. The highest BCUT2D eigenvalue weighted by Gasteiger charge is 2.17. The Bertz CT molecular complexity index is 461. The van der Waals surface area contributed by atoms with Crippen molar-refractivity contribution < 1.29 is 4.39 Å². The summed E-state index contributed by atoms with van der Waals surface area (Å²) in [7, 11) is 0. The number of benzene rings is 1. The summed E-state index contributed by atoms with van der Waals surface area (Å²) in [5, 5.41) is 12.5. The van der Waals surface area contributed by atoms with E-state index in [1.165, 1.54) is 25.0 Å². The molecule has 0 bridgehead atoms. The number of hydrogen-bond donors (Lipinski definition) is 1. The summed E-state index contributed by atoms with van der Waals surface area (Å²) < 4.78 is 13.1. The third-order valence-corrected chi connectivity index (χ3v) is 3.67. The summed E-state index contributed by atoms with van der Waals surface area (Å²) in [4.78, 5) is 2.30. The predicted octanol–water partition coefficient (Wildman–Crippen LogP) is 2.27. The standard InChI is InChI=1S/C15H20FN3/c1-2-19(11-15-4-3-7-18-15)10-12-5-6-14(16)8-13(12)9-17/h5-6,8,15,18H,2-4,7,10-11H2,1H3. The molecule has 0 saturated carbocycles. The van der Waals surface area contributed by atoms with Crippen LogP contribution in [0.2, 0.25) is 0 Å². The molecule has 1 heterocycles. The minimum Gasteiger partial charge on any atom is -0.313 e. The van der Waals surface area contributed by atoms with Gasteiger partial charge in [-0.3, -0.25) is 4.90 Å². The quantitative estimate of drug-likeness (QED) is 0.883. The van der Waals surface area contributed by atoms with Gasteiger partial charge in [0, 0.05) is 19.1 Å². The molecule has 3 nitrogen and oxygen atoms in total. The highest BCUT2D eigenvalue weighted by Crippen LogP contribution is 2.14. The first kappa shape index (κ1) is 14.0. The third-order valence-electron chi connectivity index (χ3n) is 3.67. The number of halogens is 1. The van der Waals surface area contributed by atoms with Crippen molar-refractivity contribution in [3.05, 3.63) is 35.1 Å². The monoisotopic (exact) mass is 261 g/mol. The van der Waals surface area contributed by atoms with Crippen molar-refractivity contribution in [1.29, 1.82) is 5.26 Å². The van der Waals surface area contributed by atoms with Crippen LogP contribution < -0.4 is 5.32 Å². The van der Waals surface area contributed by atoms with Gasteiger partial charge in [-0.2, -0.15) is 5.26 Å². The molecular formula is C15H20FN3. The lowest BCUT2D eigenvalue weighted by Gasteiger charge is -2.24. The second kappa shape index (κ2) is 6.65. The molecule has 1 aromatic carbocycles. The van der Waals surface area contributed by atoms with Gasteiger partial charge in [-0.05, 0) is 43.6 Å². The molecule has 1 fully saturated rings. The zero-order chi connectivity index (χ0) is 13.7. The lowest BCUT2D eigenvalue weighted by Crippen LogP contribution is -2.37. The average molecular weight is 261 g/mol. The second-order valence-corrected chi connectivity index (χ2v) is 5.03. The van der Waals surface area contributed by atoms with Crippen LogP contribution in [-0.4, -0.2) is 30.6 Å². The fourth-order valence-corrected chi connectivity index (χ4v) is 2.56. The summed E-state index contributed by atoms with van der Waals surface area (Å²) in [5.74, 6) is -0.346. The molecular weight excluding hydrogens is 241 g/mol. The van der Waals surface area contributed by atoms with Crippen molar-refractivity contribution in [2.75, 3.05) is 19.6 Å². The second-order valence-electron chi connectivity index (χ2n) is 5.03. The van der Waals surface area contributed by atoms with Gasteiger partial charge in [0.05, 0.1) is 11.6 Å². The van der Waals surface area contributed by atoms with Crippen molar-refractivity contribution in [3.8, 4) is 6.07 Å². The molecule has 1 aliphatic heterocycles.